The topological polar surface area (TPSA) is 53.9 Å². The van der Waals surface area contributed by atoms with E-state index < -0.39 is 0 Å². The Bertz CT molecular complexity index is 778. The lowest BCUT2D eigenvalue weighted by molar-refractivity contribution is -0.115. The fourth-order valence-corrected chi connectivity index (χ4v) is 2.23. The number of nitrogens with one attached hydrogen (secondary N) is 1. The van der Waals surface area contributed by atoms with Crippen LogP contribution in [0, 0.1) is 0 Å². The van der Waals surface area contributed by atoms with Gasteiger partial charge >= 0.3 is 0 Å². The van der Waals surface area contributed by atoms with Crippen molar-refractivity contribution < 1.29 is 9.53 Å². The van der Waals surface area contributed by atoms with Crippen molar-refractivity contribution in [2.45, 2.75) is 6.61 Å². The van der Waals surface area contributed by atoms with Gasteiger partial charge < -0.3 is 9.64 Å². The summed E-state index contributed by atoms with van der Waals surface area (Å²) in [5.41, 5.74) is 2.42. The number of ether oxygens (including phenoxy) is 1. The van der Waals surface area contributed by atoms with Gasteiger partial charge in [-0.05, 0) is 29.3 Å². The van der Waals surface area contributed by atoms with E-state index in [0.29, 0.717) is 18.3 Å². The fraction of sp³-hybridized carbons (Fsp3) is 0.158. The Morgan fingerprint density at radius 1 is 1.08 bits per heavy atom. The number of hydrogen-bond acceptors (Lipinski definition) is 4. The maximum atomic E-state index is 11.9. The number of rotatable bonds is 4. The second-order valence-corrected chi connectivity index (χ2v) is 5.66. The number of benzene rings is 2. The lowest BCUT2D eigenvalue weighted by Gasteiger charge is -2.09. The van der Waals surface area contributed by atoms with Crippen molar-refractivity contribution in [3.63, 3.8) is 0 Å². The third kappa shape index (κ3) is 3.81. The Balaban J connectivity index is 1.66. The first-order chi connectivity index (χ1) is 11.6. The van der Waals surface area contributed by atoms with E-state index in [-0.39, 0.29) is 5.91 Å². The van der Waals surface area contributed by atoms with Crippen molar-refractivity contribution in [3.8, 4) is 5.75 Å². The molecule has 0 saturated carbocycles. The van der Waals surface area contributed by atoms with Gasteiger partial charge in [0, 0.05) is 14.1 Å². The molecule has 5 nitrogen and oxygen atoms in total. The van der Waals surface area contributed by atoms with Crippen molar-refractivity contribution in [1.82, 2.24) is 10.2 Å². The lowest BCUT2D eigenvalue weighted by Crippen LogP contribution is -2.35. The predicted molar refractivity (Wildman–Crippen MR) is 94.5 cm³/mol. The Labute approximate surface area is 141 Å². The van der Waals surface area contributed by atoms with Crippen LogP contribution in [0.4, 0.5) is 0 Å². The van der Waals surface area contributed by atoms with E-state index >= 15 is 0 Å². The zero-order valence-electron chi connectivity index (χ0n) is 13.7. The van der Waals surface area contributed by atoms with Gasteiger partial charge in [0.15, 0.2) is 0 Å². The minimum Gasteiger partial charge on any atom is -0.489 e. The minimum atomic E-state index is -0.192. The van der Waals surface area contributed by atoms with Gasteiger partial charge in [0.05, 0.1) is 0 Å². The van der Waals surface area contributed by atoms with Gasteiger partial charge in [-0.1, -0.05) is 42.5 Å². The zero-order chi connectivity index (χ0) is 16.9. The fourth-order valence-electron chi connectivity index (χ4n) is 2.23. The SMILES string of the molecule is CN(C)C1=N/C(=C/c2ccc(OCc3ccccc3)cc2)C(=O)N1. The van der Waals surface area contributed by atoms with Crippen molar-refractivity contribution in [2.75, 3.05) is 14.1 Å². The Kier molecular flexibility index (Phi) is 4.61. The van der Waals surface area contributed by atoms with Crippen molar-refractivity contribution in [1.29, 1.82) is 0 Å². The third-order valence-corrected chi connectivity index (χ3v) is 3.54. The van der Waals surface area contributed by atoms with E-state index in [1.165, 1.54) is 0 Å². The molecule has 2 aromatic carbocycles. The second kappa shape index (κ2) is 7.00. The highest BCUT2D eigenvalue weighted by molar-refractivity contribution is 6.13. The molecule has 0 unspecified atom stereocenters. The summed E-state index contributed by atoms with van der Waals surface area (Å²) in [6.45, 7) is 0.528. The molecular weight excluding hydrogens is 302 g/mol. The van der Waals surface area contributed by atoms with Crippen molar-refractivity contribution in [2.24, 2.45) is 4.99 Å². The highest BCUT2D eigenvalue weighted by atomic mass is 16.5. The van der Waals surface area contributed by atoms with Crippen LogP contribution in [0.2, 0.25) is 0 Å². The van der Waals surface area contributed by atoms with Crippen LogP contribution in [-0.4, -0.2) is 30.9 Å². The van der Waals surface area contributed by atoms with Crippen LogP contribution in [0.15, 0.2) is 65.3 Å². The highest BCUT2D eigenvalue weighted by Gasteiger charge is 2.20. The summed E-state index contributed by atoms with van der Waals surface area (Å²) in [7, 11) is 3.67. The van der Waals surface area contributed by atoms with E-state index in [9.17, 15) is 4.79 Å². The molecule has 0 radical (unpaired) electrons. The average Bonchev–Trinajstić information content (AvgIpc) is 2.96. The quantitative estimate of drug-likeness (QED) is 0.881. The first-order valence-corrected chi connectivity index (χ1v) is 7.68. The first-order valence-electron chi connectivity index (χ1n) is 7.68. The smallest absolute Gasteiger partial charge is 0.276 e. The van der Waals surface area contributed by atoms with Crippen LogP contribution < -0.4 is 10.1 Å². The summed E-state index contributed by atoms with van der Waals surface area (Å²) in [6.07, 6.45) is 1.76. The molecule has 3 rings (SSSR count). The van der Waals surface area contributed by atoms with E-state index in [0.717, 1.165) is 16.9 Å². The molecule has 0 spiro atoms. The summed E-state index contributed by atoms with van der Waals surface area (Å²) in [4.78, 5) is 17.9. The molecular formula is C19H19N3O2. The largest absolute Gasteiger partial charge is 0.489 e. The molecule has 0 atom stereocenters. The molecule has 1 N–H and O–H groups in total. The van der Waals surface area contributed by atoms with Crippen molar-refractivity contribution >= 4 is 17.9 Å². The molecule has 2 aromatic rings. The molecule has 122 valence electrons. The van der Waals surface area contributed by atoms with Gasteiger partial charge in [0.25, 0.3) is 5.91 Å². The molecule has 0 aromatic heterocycles. The second-order valence-electron chi connectivity index (χ2n) is 5.66. The molecule has 0 fully saturated rings. The van der Waals surface area contributed by atoms with Crippen LogP contribution in [0.5, 0.6) is 5.75 Å². The number of carbonyl (C=O) groups is 1. The number of hydrogen-bond donors (Lipinski definition) is 1. The molecule has 0 bridgehead atoms. The Morgan fingerprint density at radius 3 is 2.42 bits per heavy atom. The number of carbonyl (C=O) groups excluding carboxylic acids is 1. The van der Waals surface area contributed by atoms with Gasteiger partial charge in [0.1, 0.15) is 18.1 Å². The zero-order valence-corrected chi connectivity index (χ0v) is 13.7. The van der Waals surface area contributed by atoms with Gasteiger partial charge in [-0.3, -0.25) is 10.1 Å². The monoisotopic (exact) mass is 321 g/mol. The van der Waals surface area contributed by atoms with Crippen LogP contribution in [0.25, 0.3) is 6.08 Å². The number of amides is 1. The third-order valence-electron chi connectivity index (χ3n) is 3.54. The van der Waals surface area contributed by atoms with Gasteiger partial charge in [-0.25, -0.2) is 4.99 Å². The molecule has 1 amide bonds. The van der Waals surface area contributed by atoms with E-state index in [4.69, 9.17) is 4.74 Å². The number of nitrogens with zero attached hydrogens (tertiary/aromatic N) is 2. The first kappa shape index (κ1) is 15.8. The summed E-state index contributed by atoms with van der Waals surface area (Å²) >= 11 is 0. The number of guanidine groups is 1. The summed E-state index contributed by atoms with van der Waals surface area (Å²) in [6, 6.07) is 17.6. The van der Waals surface area contributed by atoms with E-state index in [1.54, 1.807) is 11.0 Å². The predicted octanol–water partition coefficient (Wildman–Crippen LogP) is 2.65. The Hall–Kier alpha value is -3.08. The maximum Gasteiger partial charge on any atom is 0.276 e. The molecule has 5 heteroatoms. The Morgan fingerprint density at radius 2 is 1.79 bits per heavy atom. The standard InChI is InChI=1S/C19H19N3O2/c1-22(2)19-20-17(18(23)21-19)12-14-8-10-16(11-9-14)24-13-15-6-4-3-5-7-15/h3-12H,13H2,1-2H3,(H,20,21,23)/b17-12+. The van der Waals surface area contributed by atoms with Crippen LogP contribution in [-0.2, 0) is 11.4 Å². The minimum absolute atomic E-state index is 0.192. The van der Waals surface area contributed by atoms with Gasteiger partial charge in [-0.15, -0.1) is 0 Å². The van der Waals surface area contributed by atoms with Gasteiger partial charge in [0.2, 0.25) is 5.96 Å². The van der Waals surface area contributed by atoms with Gasteiger partial charge in [-0.2, -0.15) is 0 Å². The molecule has 1 aliphatic heterocycles. The molecule has 1 aliphatic rings. The normalized spacial score (nSPS) is 15.2. The number of aliphatic imine (C=N–C) groups is 1. The van der Waals surface area contributed by atoms with Crippen LogP contribution in [0.1, 0.15) is 11.1 Å². The van der Waals surface area contributed by atoms with Crippen molar-refractivity contribution in [3.05, 3.63) is 71.4 Å². The van der Waals surface area contributed by atoms with E-state index in [2.05, 4.69) is 10.3 Å². The van der Waals surface area contributed by atoms with Crippen LogP contribution >= 0.6 is 0 Å². The summed E-state index contributed by atoms with van der Waals surface area (Å²) < 4.78 is 5.75. The lowest BCUT2D eigenvalue weighted by atomic mass is 10.2. The average molecular weight is 321 g/mol. The summed E-state index contributed by atoms with van der Waals surface area (Å²) in [5, 5.41) is 2.72. The van der Waals surface area contributed by atoms with E-state index in [1.807, 2.05) is 68.7 Å². The molecule has 24 heavy (non-hydrogen) atoms. The molecule has 1 heterocycles. The molecule has 0 saturated heterocycles. The van der Waals surface area contributed by atoms with Crippen LogP contribution in [0.3, 0.4) is 0 Å². The highest BCUT2D eigenvalue weighted by Crippen LogP contribution is 2.17. The molecule has 0 aliphatic carbocycles. The maximum absolute atomic E-state index is 11.9. The summed E-state index contributed by atoms with van der Waals surface area (Å²) in [5.74, 6) is 1.14.